The normalized spacial score (nSPS) is 23.4. The van der Waals surface area contributed by atoms with Crippen LogP contribution in [0.15, 0.2) is 12.1 Å². The summed E-state index contributed by atoms with van der Waals surface area (Å²) in [5, 5.41) is 13.2. The molecule has 1 aliphatic rings. The minimum Gasteiger partial charge on any atom is -0.365 e. The highest BCUT2D eigenvalue weighted by Gasteiger charge is 2.27. The third-order valence-corrected chi connectivity index (χ3v) is 4.40. The van der Waals surface area contributed by atoms with E-state index in [0.717, 1.165) is 11.5 Å². The van der Waals surface area contributed by atoms with Crippen LogP contribution < -0.4 is 5.32 Å². The van der Waals surface area contributed by atoms with Crippen molar-refractivity contribution in [2.75, 3.05) is 11.6 Å². The number of anilines is 1. The SMILES string of the molecule is CSC1CCCC1Nc1nc(C)ccc1C#N. The quantitative estimate of drug-likeness (QED) is 0.892. The second-order valence-electron chi connectivity index (χ2n) is 4.42. The molecule has 1 N–H and O–H groups in total. The number of hydrogen-bond donors (Lipinski definition) is 1. The number of thioether (sulfide) groups is 1. The molecule has 4 heteroatoms. The number of aryl methyl sites for hydroxylation is 1. The van der Waals surface area contributed by atoms with E-state index in [4.69, 9.17) is 5.26 Å². The van der Waals surface area contributed by atoms with Crippen LogP contribution in [0.2, 0.25) is 0 Å². The molecule has 0 aliphatic heterocycles. The standard InChI is InChI=1S/C13H17N3S/c1-9-6-7-10(8-14)13(15-9)16-11-4-3-5-12(11)17-2/h6-7,11-12H,3-5H2,1-2H3,(H,15,16). The van der Waals surface area contributed by atoms with Crippen LogP contribution in [-0.2, 0) is 0 Å². The van der Waals surface area contributed by atoms with Crippen LogP contribution in [-0.4, -0.2) is 22.5 Å². The van der Waals surface area contributed by atoms with Gasteiger partial charge in [0.25, 0.3) is 0 Å². The molecule has 2 atom stereocenters. The summed E-state index contributed by atoms with van der Waals surface area (Å²) in [6, 6.07) is 6.37. The zero-order valence-electron chi connectivity index (χ0n) is 10.2. The Labute approximate surface area is 107 Å². The summed E-state index contributed by atoms with van der Waals surface area (Å²) in [4.78, 5) is 4.43. The van der Waals surface area contributed by atoms with Crippen molar-refractivity contribution in [2.45, 2.75) is 37.5 Å². The average Bonchev–Trinajstić information content (AvgIpc) is 2.77. The predicted molar refractivity (Wildman–Crippen MR) is 72.3 cm³/mol. The molecule has 0 amide bonds. The Morgan fingerprint density at radius 2 is 2.29 bits per heavy atom. The molecular formula is C13H17N3S. The van der Waals surface area contributed by atoms with Crippen molar-refractivity contribution in [1.29, 1.82) is 5.26 Å². The molecule has 0 spiro atoms. The van der Waals surface area contributed by atoms with Gasteiger partial charge in [-0.1, -0.05) is 6.42 Å². The number of nitrogens with zero attached hydrogens (tertiary/aromatic N) is 2. The molecule has 0 bridgehead atoms. The van der Waals surface area contributed by atoms with Gasteiger partial charge in [0.05, 0.1) is 5.56 Å². The highest BCUT2D eigenvalue weighted by molar-refractivity contribution is 7.99. The summed E-state index contributed by atoms with van der Waals surface area (Å²) < 4.78 is 0. The molecule has 1 aliphatic carbocycles. The summed E-state index contributed by atoms with van der Waals surface area (Å²) in [5.74, 6) is 0.749. The smallest absolute Gasteiger partial charge is 0.144 e. The zero-order chi connectivity index (χ0) is 12.3. The van der Waals surface area contributed by atoms with Crippen LogP contribution in [0.5, 0.6) is 0 Å². The first-order valence-corrected chi connectivity index (χ1v) is 7.20. The zero-order valence-corrected chi connectivity index (χ0v) is 11.0. The van der Waals surface area contributed by atoms with Gasteiger partial charge in [0.15, 0.2) is 0 Å². The van der Waals surface area contributed by atoms with Crippen molar-refractivity contribution in [1.82, 2.24) is 4.98 Å². The van der Waals surface area contributed by atoms with Gasteiger partial charge < -0.3 is 5.32 Å². The largest absolute Gasteiger partial charge is 0.365 e. The molecule has 1 fully saturated rings. The number of pyridine rings is 1. The Kier molecular flexibility index (Phi) is 3.90. The van der Waals surface area contributed by atoms with Crippen molar-refractivity contribution < 1.29 is 0 Å². The Morgan fingerprint density at radius 3 is 3.00 bits per heavy atom. The molecule has 0 saturated heterocycles. The molecule has 0 radical (unpaired) electrons. The number of aromatic nitrogens is 1. The fraction of sp³-hybridized carbons (Fsp3) is 0.538. The van der Waals surface area contributed by atoms with Crippen LogP contribution in [0, 0.1) is 18.3 Å². The summed E-state index contributed by atoms with van der Waals surface area (Å²) >= 11 is 1.90. The minimum atomic E-state index is 0.450. The maximum absolute atomic E-state index is 9.07. The molecule has 1 heterocycles. The van der Waals surface area contributed by atoms with Gasteiger partial charge >= 0.3 is 0 Å². The van der Waals surface area contributed by atoms with Crippen molar-refractivity contribution in [3.63, 3.8) is 0 Å². The third-order valence-electron chi connectivity index (χ3n) is 3.23. The van der Waals surface area contributed by atoms with E-state index < -0.39 is 0 Å². The van der Waals surface area contributed by atoms with Crippen LogP contribution in [0.4, 0.5) is 5.82 Å². The van der Waals surface area contributed by atoms with Crippen molar-refractivity contribution in [2.24, 2.45) is 0 Å². The molecule has 3 nitrogen and oxygen atoms in total. The van der Waals surface area contributed by atoms with Gasteiger partial charge in [-0.3, -0.25) is 0 Å². The number of nitriles is 1. The molecule has 1 aromatic heterocycles. The maximum atomic E-state index is 9.07. The fourth-order valence-electron chi connectivity index (χ4n) is 2.31. The van der Waals surface area contributed by atoms with E-state index in [2.05, 4.69) is 22.6 Å². The first kappa shape index (κ1) is 12.3. The summed E-state index contributed by atoms with van der Waals surface area (Å²) in [6.45, 7) is 1.95. The van der Waals surface area contributed by atoms with Crippen LogP contribution in [0.3, 0.4) is 0 Å². The van der Waals surface area contributed by atoms with Crippen molar-refractivity contribution in [3.8, 4) is 6.07 Å². The highest BCUT2D eigenvalue weighted by Crippen LogP contribution is 2.31. The predicted octanol–water partition coefficient (Wildman–Crippen LogP) is 2.96. The van der Waals surface area contributed by atoms with Gasteiger partial charge in [-0.2, -0.15) is 17.0 Å². The van der Waals surface area contributed by atoms with Crippen LogP contribution in [0.25, 0.3) is 0 Å². The molecule has 1 aromatic rings. The van der Waals surface area contributed by atoms with Crippen molar-refractivity contribution >= 4 is 17.6 Å². The number of rotatable bonds is 3. The van der Waals surface area contributed by atoms with Crippen molar-refractivity contribution in [3.05, 3.63) is 23.4 Å². The van der Waals surface area contributed by atoms with Gasteiger partial charge in [-0.25, -0.2) is 4.98 Å². The van der Waals surface area contributed by atoms with Gasteiger partial charge in [0.2, 0.25) is 0 Å². The second kappa shape index (κ2) is 5.42. The molecule has 17 heavy (non-hydrogen) atoms. The minimum absolute atomic E-state index is 0.450. The Hall–Kier alpha value is -1.21. The third kappa shape index (κ3) is 2.73. The maximum Gasteiger partial charge on any atom is 0.144 e. The second-order valence-corrected chi connectivity index (χ2v) is 5.49. The summed E-state index contributed by atoms with van der Waals surface area (Å²) in [5.41, 5.74) is 1.59. The monoisotopic (exact) mass is 247 g/mol. The lowest BCUT2D eigenvalue weighted by atomic mass is 10.2. The first-order chi connectivity index (χ1) is 8.24. The lowest BCUT2D eigenvalue weighted by Crippen LogP contribution is -2.26. The Morgan fingerprint density at radius 1 is 1.47 bits per heavy atom. The molecule has 2 unspecified atom stereocenters. The average molecular weight is 247 g/mol. The summed E-state index contributed by atoms with van der Waals surface area (Å²) in [6.07, 6.45) is 5.84. The van der Waals surface area contributed by atoms with E-state index >= 15 is 0 Å². The molecule has 2 rings (SSSR count). The molecule has 1 saturated carbocycles. The van der Waals surface area contributed by atoms with Gasteiger partial charge in [-0.05, 0) is 38.2 Å². The van der Waals surface area contributed by atoms with E-state index in [9.17, 15) is 0 Å². The van der Waals surface area contributed by atoms with Gasteiger partial charge in [0, 0.05) is 17.0 Å². The van der Waals surface area contributed by atoms with E-state index in [1.54, 1.807) is 0 Å². The van der Waals surface area contributed by atoms with E-state index in [0.29, 0.717) is 16.9 Å². The Balaban J connectivity index is 2.18. The number of hydrogen-bond acceptors (Lipinski definition) is 4. The van der Waals surface area contributed by atoms with Crippen LogP contribution >= 0.6 is 11.8 Å². The topological polar surface area (TPSA) is 48.7 Å². The van der Waals surface area contributed by atoms with E-state index in [1.165, 1.54) is 19.3 Å². The van der Waals surface area contributed by atoms with Gasteiger partial charge in [-0.15, -0.1) is 0 Å². The van der Waals surface area contributed by atoms with E-state index in [-0.39, 0.29) is 0 Å². The molecule has 0 aromatic carbocycles. The lowest BCUT2D eigenvalue weighted by Gasteiger charge is -2.20. The fourth-order valence-corrected chi connectivity index (χ4v) is 3.24. The van der Waals surface area contributed by atoms with Gasteiger partial charge in [0.1, 0.15) is 11.9 Å². The molecular weight excluding hydrogens is 230 g/mol. The Bertz CT molecular complexity index is 439. The lowest BCUT2D eigenvalue weighted by molar-refractivity contribution is 0.762. The van der Waals surface area contributed by atoms with Crippen LogP contribution in [0.1, 0.15) is 30.5 Å². The van der Waals surface area contributed by atoms with E-state index in [1.807, 2.05) is 30.8 Å². The highest BCUT2D eigenvalue weighted by atomic mass is 32.2. The molecule has 90 valence electrons. The first-order valence-electron chi connectivity index (χ1n) is 5.91. The number of nitrogens with one attached hydrogen (secondary N) is 1. The summed E-state index contributed by atoms with van der Waals surface area (Å²) in [7, 11) is 0.